The van der Waals surface area contributed by atoms with E-state index >= 15 is 0 Å². The van der Waals surface area contributed by atoms with Crippen LogP contribution < -0.4 is 10.1 Å². The molecule has 1 rings (SSSR count). The fraction of sp³-hybridized carbons (Fsp3) is 0.667. The van der Waals surface area contributed by atoms with Crippen LogP contribution >= 0.6 is 0 Å². The zero-order chi connectivity index (χ0) is 14.5. The second-order valence-corrected chi connectivity index (χ2v) is 5.38. The van der Waals surface area contributed by atoms with E-state index in [1.165, 1.54) is 0 Å². The van der Waals surface area contributed by atoms with Gasteiger partial charge in [-0.15, -0.1) is 0 Å². The molecule has 19 heavy (non-hydrogen) atoms. The first-order valence-electron chi connectivity index (χ1n) is 6.83. The van der Waals surface area contributed by atoms with E-state index in [0.29, 0.717) is 6.61 Å². The lowest BCUT2D eigenvalue weighted by molar-refractivity contribution is -0.0376. The quantitative estimate of drug-likeness (QED) is 0.824. The molecule has 1 atom stereocenters. The Balaban J connectivity index is 2.98. The van der Waals surface area contributed by atoms with Crippen LogP contribution in [0.15, 0.2) is 18.5 Å². The molecule has 1 heterocycles. The number of nitrogens with one attached hydrogen (secondary N) is 1. The van der Waals surface area contributed by atoms with Gasteiger partial charge in [0.15, 0.2) is 0 Å². The fourth-order valence-corrected chi connectivity index (χ4v) is 2.30. The Hall–Kier alpha value is -1.13. The molecule has 1 unspecified atom stereocenters. The summed E-state index contributed by atoms with van der Waals surface area (Å²) in [6.07, 6.45) is 3.74. The third kappa shape index (κ3) is 4.48. The number of hydrogen-bond acceptors (Lipinski definition) is 4. The lowest BCUT2D eigenvalue weighted by Gasteiger charge is -2.34. The molecule has 0 bridgehead atoms. The number of hydrogen-bond donors (Lipinski definition) is 1. The van der Waals surface area contributed by atoms with Crippen LogP contribution in [-0.4, -0.2) is 30.3 Å². The highest BCUT2D eigenvalue weighted by Gasteiger charge is 2.30. The molecule has 0 aliphatic carbocycles. The van der Waals surface area contributed by atoms with Crippen LogP contribution in [-0.2, 0) is 4.74 Å². The van der Waals surface area contributed by atoms with Crippen LogP contribution in [0.1, 0.15) is 46.2 Å². The normalized spacial score (nSPS) is 13.6. The molecule has 0 aliphatic heterocycles. The summed E-state index contributed by atoms with van der Waals surface area (Å²) in [4.78, 5) is 4.26. The highest BCUT2D eigenvalue weighted by atomic mass is 16.5. The van der Waals surface area contributed by atoms with Crippen molar-refractivity contribution in [2.45, 2.75) is 52.4 Å². The molecule has 0 amide bonds. The van der Waals surface area contributed by atoms with Crippen molar-refractivity contribution in [3.63, 3.8) is 0 Å². The molecule has 108 valence electrons. The molecule has 1 N–H and O–H groups in total. The van der Waals surface area contributed by atoms with Gasteiger partial charge >= 0.3 is 0 Å². The molecule has 0 aliphatic rings. The average Bonchev–Trinajstić information content (AvgIpc) is 2.28. The summed E-state index contributed by atoms with van der Waals surface area (Å²) in [6, 6.07) is 2.09. The molecular formula is C15H26N2O2. The Kier molecular flexibility index (Phi) is 5.76. The van der Waals surface area contributed by atoms with E-state index in [1.54, 1.807) is 6.20 Å². The first kappa shape index (κ1) is 15.9. The average molecular weight is 266 g/mol. The topological polar surface area (TPSA) is 43.4 Å². The number of pyridine rings is 1. The number of likely N-dealkylation sites (N-methyl/N-ethyl adjacent to an activating group) is 1. The monoisotopic (exact) mass is 266 g/mol. The highest BCUT2D eigenvalue weighted by molar-refractivity contribution is 5.27. The lowest BCUT2D eigenvalue weighted by Crippen LogP contribution is -2.40. The highest BCUT2D eigenvalue weighted by Crippen LogP contribution is 2.30. The zero-order valence-electron chi connectivity index (χ0n) is 12.9. The van der Waals surface area contributed by atoms with E-state index in [2.05, 4.69) is 24.1 Å². The second-order valence-electron chi connectivity index (χ2n) is 5.38. The van der Waals surface area contributed by atoms with E-state index < -0.39 is 0 Å². The molecule has 4 nitrogen and oxygen atoms in total. The number of rotatable bonds is 7. The van der Waals surface area contributed by atoms with Gasteiger partial charge in [-0.1, -0.05) is 0 Å². The van der Waals surface area contributed by atoms with Crippen molar-refractivity contribution < 1.29 is 9.47 Å². The molecular weight excluding hydrogens is 240 g/mol. The van der Waals surface area contributed by atoms with Crippen LogP contribution in [0.2, 0.25) is 0 Å². The Morgan fingerprint density at radius 1 is 1.32 bits per heavy atom. The largest absolute Gasteiger partial charge is 0.489 e. The van der Waals surface area contributed by atoms with E-state index in [4.69, 9.17) is 9.47 Å². The molecule has 0 saturated carbocycles. The van der Waals surface area contributed by atoms with Gasteiger partial charge in [-0.2, -0.15) is 0 Å². The molecule has 1 aromatic heterocycles. The predicted molar refractivity (Wildman–Crippen MR) is 77.5 cm³/mol. The number of nitrogens with zero attached hydrogens (tertiary/aromatic N) is 1. The molecule has 1 aromatic rings. The first-order valence-corrected chi connectivity index (χ1v) is 6.83. The molecule has 0 saturated heterocycles. The van der Waals surface area contributed by atoms with Gasteiger partial charge in [0.05, 0.1) is 23.9 Å². The van der Waals surface area contributed by atoms with Gasteiger partial charge < -0.3 is 14.8 Å². The van der Waals surface area contributed by atoms with Gasteiger partial charge in [-0.05, 0) is 53.3 Å². The third-order valence-electron chi connectivity index (χ3n) is 2.94. The van der Waals surface area contributed by atoms with E-state index in [-0.39, 0.29) is 17.7 Å². The van der Waals surface area contributed by atoms with Gasteiger partial charge in [0.2, 0.25) is 0 Å². The van der Waals surface area contributed by atoms with Crippen LogP contribution in [0, 0.1) is 0 Å². The van der Waals surface area contributed by atoms with Crippen molar-refractivity contribution in [3.05, 3.63) is 24.0 Å². The van der Waals surface area contributed by atoms with E-state index in [0.717, 1.165) is 11.3 Å². The minimum atomic E-state index is -0.304. The van der Waals surface area contributed by atoms with Crippen LogP contribution in [0.4, 0.5) is 0 Å². The minimum Gasteiger partial charge on any atom is -0.489 e. The van der Waals surface area contributed by atoms with Crippen molar-refractivity contribution in [1.29, 1.82) is 0 Å². The Labute approximate surface area is 116 Å². The zero-order valence-corrected chi connectivity index (χ0v) is 12.9. The summed E-state index contributed by atoms with van der Waals surface area (Å²) >= 11 is 0. The maximum atomic E-state index is 5.83. The number of aromatic nitrogens is 1. The Bertz CT molecular complexity index is 391. The molecule has 0 radical (unpaired) electrons. The summed E-state index contributed by atoms with van der Waals surface area (Å²) in [5.74, 6) is 0.792. The lowest BCUT2D eigenvalue weighted by atomic mass is 9.92. The van der Waals surface area contributed by atoms with Gasteiger partial charge in [0.1, 0.15) is 5.75 Å². The van der Waals surface area contributed by atoms with Crippen LogP contribution in [0.25, 0.3) is 0 Å². The van der Waals surface area contributed by atoms with Crippen LogP contribution in [0.5, 0.6) is 5.75 Å². The maximum Gasteiger partial charge on any atom is 0.138 e. The summed E-state index contributed by atoms with van der Waals surface area (Å²) in [6.45, 7) is 10.9. The third-order valence-corrected chi connectivity index (χ3v) is 2.94. The van der Waals surface area contributed by atoms with Crippen molar-refractivity contribution in [2.75, 3.05) is 13.7 Å². The van der Waals surface area contributed by atoms with Gasteiger partial charge in [-0.3, -0.25) is 4.98 Å². The van der Waals surface area contributed by atoms with Crippen molar-refractivity contribution >= 4 is 0 Å². The molecule has 0 aromatic carbocycles. The summed E-state index contributed by atoms with van der Waals surface area (Å²) in [5.41, 5.74) is 0.765. The second kappa shape index (κ2) is 6.87. The van der Waals surface area contributed by atoms with Crippen molar-refractivity contribution in [2.24, 2.45) is 0 Å². The standard InChI is InChI=1S/C15H26N2O2/c1-7-18-15(4,5)14(16-6)12-8-13(10-17-9-12)19-11(2)3/h8-11,14,16H,7H2,1-6H3. The summed E-state index contributed by atoms with van der Waals surface area (Å²) in [7, 11) is 1.93. The Morgan fingerprint density at radius 2 is 2.00 bits per heavy atom. The fourth-order valence-electron chi connectivity index (χ4n) is 2.30. The van der Waals surface area contributed by atoms with Crippen LogP contribution in [0.3, 0.4) is 0 Å². The molecule has 4 heteroatoms. The van der Waals surface area contributed by atoms with E-state index in [9.17, 15) is 0 Å². The summed E-state index contributed by atoms with van der Waals surface area (Å²) in [5, 5.41) is 3.30. The molecule has 0 fully saturated rings. The first-order chi connectivity index (χ1) is 8.90. The maximum absolute atomic E-state index is 5.83. The SMILES string of the molecule is CCOC(C)(C)C(NC)c1cncc(OC(C)C)c1. The minimum absolute atomic E-state index is 0.0654. The van der Waals surface area contributed by atoms with E-state index in [1.807, 2.05) is 40.1 Å². The Morgan fingerprint density at radius 3 is 2.53 bits per heavy atom. The van der Waals surface area contributed by atoms with Gasteiger partial charge in [0, 0.05) is 12.8 Å². The summed E-state index contributed by atoms with van der Waals surface area (Å²) < 4.78 is 11.5. The molecule has 0 spiro atoms. The van der Waals surface area contributed by atoms with Gasteiger partial charge in [-0.25, -0.2) is 0 Å². The van der Waals surface area contributed by atoms with Crippen molar-refractivity contribution in [3.8, 4) is 5.75 Å². The predicted octanol–water partition coefficient (Wildman–Crippen LogP) is 2.94. The number of ether oxygens (including phenoxy) is 2. The van der Waals surface area contributed by atoms with Gasteiger partial charge in [0.25, 0.3) is 0 Å². The van der Waals surface area contributed by atoms with Crippen molar-refractivity contribution in [1.82, 2.24) is 10.3 Å². The smallest absolute Gasteiger partial charge is 0.138 e.